The maximum atomic E-state index is 4.07. The quantitative estimate of drug-likeness (QED) is 0.760. The van der Waals surface area contributed by atoms with E-state index >= 15 is 0 Å². The second-order valence-electron chi connectivity index (χ2n) is 4.59. The Hall–Kier alpha value is -1.84. The van der Waals surface area contributed by atoms with Crippen LogP contribution in [0.15, 0.2) is 37.2 Å². The zero-order valence-electron chi connectivity index (χ0n) is 15.4. The number of aromatic nitrogens is 4. The molecular formula is C18H32N4. The van der Waals surface area contributed by atoms with Gasteiger partial charge in [0.05, 0.1) is 0 Å². The Kier molecular flexibility index (Phi) is 15.9. The molecule has 0 amide bonds. The molecule has 0 atom stereocenters. The lowest BCUT2D eigenvalue weighted by Crippen LogP contribution is -1.93. The molecule has 0 N–H and O–H groups in total. The van der Waals surface area contributed by atoms with Gasteiger partial charge in [0.15, 0.2) is 0 Å². The summed E-state index contributed by atoms with van der Waals surface area (Å²) < 4.78 is 0. The molecule has 0 aliphatic heterocycles. The molecule has 4 nitrogen and oxygen atoms in total. The Bertz CT molecular complexity index is 384. The van der Waals surface area contributed by atoms with E-state index in [0.717, 1.165) is 5.82 Å². The lowest BCUT2D eigenvalue weighted by Gasteiger charge is -1.99. The Labute approximate surface area is 136 Å². The maximum Gasteiger partial charge on any atom is 0.130 e. The molecule has 0 saturated heterocycles. The molecule has 0 radical (unpaired) electrons. The number of hydrogen-bond acceptors (Lipinski definition) is 4. The molecule has 0 aliphatic rings. The summed E-state index contributed by atoms with van der Waals surface area (Å²) in [5.74, 6) is 1.88. The summed E-state index contributed by atoms with van der Waals surface area (Å²) in [5.41, 5.74) is 1.19. The fraction of sp³-hybridized carbons (Fsp3) is 0.556. The number of nitrogens with zero attached hydrogens (tertiary/aromatic N) is 4. The van der Waals surface area contributed by atoms with Gasteiger partial charge in [-0.2, -0.15) is 0 Å². The predicted octanol–water partition coefficient (Wildman–Crippen LogP) is 5.25. The van der Waals surface area contributed by atoms with Crippen LogP contribution >= 0.6 is 0 Å². The topological polar surface area (TPSA) is 51.6 Å². The summed E-state index contributed by atoms with van der Waals surface area (Å²) in [6, 6.07) is 1.83. The van der Waals surface area contributed by atoms with Crippen molar-refractivity contribution >= 4 is 0 Å². The molecule has 2 rings (SSSR count). The highest BCUT2D eigenvalue weighted by molar-refractivity contribution is 5.06. The molecule has 0 unspecified atom stereocenters. The monoisotopic (exact) mass is 304 g/mol. The molecular weight excluding hydrogens is 272 g/mol. The summed E-state index contributed by atoms with van der Waals surface area (Å²) in [7, 11) is 0. The van der Waals surface area contributed by atoms with E-state index in [4.69, 9.17) is 0 Å². The first-order chi connectivity index (χ1) is 10.6. The fourth-order valence-corrected chi connectivity index (χ4v) is 1.22. The minimum Gasteiger partial charge on any atom is -0.245 e. The van der Waals surface area contributed by atoms with Crippen molar-refractivity contribution in [1.82, 2.24) is 19.9 Å². The summed E-state index contributed by atoms with van der Waals surface area (Å²) in [5, 5.41) is 0. The average molecular weight is 304 g/mol. The van der Waals surface area contributed by atoms with E-state index in [9.17, 15) is 0 Å². The van der Waals surface area contributed by atoms with Crippen LogP contribution in [0, 0.1) is 0 Å². The highest BCUT2D eigenvalue weighted by atomic mass is 14.9. The second-order valence-corrected chi connectivity index (χ2v) is 4.59. The van der Waals surface area contributed by atoms with Crippen molar-refractivity contribution in [3.05, 3.63) is 48.6 Å². The van der Waals surface area contributed by atoms with E-state index in [-0.39, 0.29) is 0 Å². The molecule has 0 saturated carbocycles. The van der Waals surface area contributed by atoms with Gasteiger partial charge in [-0.25, -0.2) is 19.9 Å². The van der Waals surface area contributed by atoms with Crippen LogP contribution < -0.4 is 0 Å². The van der Waals surface area contributed by atoms with Gasteiger partial charge >= 0.3 is 0 Å². The third-order valence-corrected chi connectivity index (χ3v) is 2.35. The highest BCUT2D eigenvalue weighted by Gasteiger charge is 1.97. The standard InChI is InChI=1S/2C7H10N2.2C2H6/c1-6(2)7-3-8-5-9-4-7;1-6(2)7-8-4-3-5-9-7;2*1-2/h2*3-6H,1-2H3;2*1-2H3. The van der Waals surface area contributed by atoms with E-state index in [1.165, 1.54) is 5.56 Å². The Morgan fingerprint density at radius 1 is 0.727 bits per heavy atom. The predicted molar refractivity (Wildman–Crippen MR) is 94.9 cm³/mol. The van der Waals surface area contributed by atoms with Crippen LogP contribution in [0.4, 0.5) is 0 Å². The number of rotatable bonds is 2. The van der Waals surface area contributed by atoms with Crippen LogP contribution in [0.1, 0.15) is 78.6 Å². The van der Waals surface area contributed by atoms with E-state index in [2.05, 4.69) is 47.6 Å². The molecule has 0 aliphatic carbocycles. The molecule has 2 aromatic rings. The van der Waals surface area contributed by atoms with Crippen molar-refractivity contribution in [2.75, 3.05) is 0 Å². The van der Waals surface area contributed by atoms with E-state index in [0.29, 0.717) is 11.8 Å². The third-order valence-electron chi connectivity index (χ3n) is 2.35. The summed E-state index contributed by atoms with van der Waals surface area (Å²) >= 11 is 0. The highest BCUT2D eigenvalue weighted by Crippen LogP contribution is 2.09. The van der Waals surface area contributed by atoms with Gasteiger partial charge in [-0.05, 0) is 17.5 Å². The first-order valence-corrected chi connectivity index (χ1v) is 8.13. The smallest absolute Gasteiger partial charge is 0.130 e. The summed E-state index contributed by atoms with van der Waals surface area (Å²) in [6.45, 7) is 16.4. The Morgan fingerprint density at radius 2 is 1.18 bits per heavy atom. The van der Waals surface area contributed by atoms with E-state index < -0.39 is 0 Å². The molecule has 2 heterocycles. The maximum absolute atomic E-state index is 4.07. The number of hydrogen-bond donors (Lipinski definition) is 0. The minimum atomic E-state index is 0.436. The molecule has 124 valence electrons. The van der Waals surface area contributed by atoms with Gasteiger partial charge in [0, 0.05) is 30.7 Å². The molecule has 4 heteroatoms. The third kappa shape index (κ3) is 10.9. The van der Waals surface area contributed by atoms with Gasteiger partial charge in [-0.15, -0.1) is 0 Å². The minimum absolute atomic E-state index is 0.436. The molecule has 0 fully saturated rings. The molecule has 0 aromatic carbocycles. The first kappa shape index (κ1) is 22.4. The lowest BCUT2D eigenvalue weighted by molar-refractivity contribution is 0.774. The Morgan fingerprint density at radius 3 is 1.45 bits per heavy atom. The van der Waals surface area contributed by atoms with Crippen molar-refractivity contribution in [1.29, 1.82) is 0 Å². The van der Waals surface area contributed by atoms with E-state index in [1.807, 2.05) is 46.2 Å². The van der Waals surface area contributed by atoms with Gasteiger partial charge in [0.25, 0.3) is 0 Å². The fourth-order valence-electron chi connectivity index (χ4n) is 1.22. The first-order valence-electron chi connectivity index (χ1n) is 8.13. The van der Waals surface area contributed by atoms with Gasteiger partial charge < -0.3 is 0 Å². The van der Waals surface area contributed by atoms with Crippen LogP contribution in [-0.2, 0) is 0 Å². The summed E-state index contributed by atoms with van der Waals surface area (Å²) in [6.07, 6.45) is 8.77. The van der Waals surface area contributed by atoms with Gasteiger partial charge in [0.2, 0.25) is 0 Å². The van der Waals surface area contributed by atoms with Crippen LogP contribution in [0.3, 0.4) is 0 Å². The summed E-state index contributed by atoms with van der Waals surface area (Å²) in [4.78, 5) is 15.9. The van der Waals surface area contributed by atoms with Crippen LogP contribution in [0.2, 0.25) is 0 Å². The lowest BCUT2D eigenvalue weighted by atomic mass is 10.1. The van der Waals surface area contributed by atoms with E-state index in [1.54, 1.807) is 18.7 Å². The molecule has 2 aromatic heterocycles. The Balaban J connectivity index is 0. The molecule has 0 spiro atoms. The molecule has 0 bridgehead atoms. The van der Waals surface area contributed by atoms with Crippen molar-refractivity contribution in [3.8, 4) is 0 Å². The zero-order chi connectivity index (χ0) is 17.4. The SMILES string of the molecule is CC.CC.CC(C)c1cncnc1.CC(C)c1ncccn1. The van der Waals surface area contributed by atoms with Crippen LogP contribution in [0.5, 0.6) is 0 Å². The molecule has 22 heavy (non-hydrogen) atoms. The van der Waals surface area contributed by atoms with Crippen LogP contribution in [-0.4, -0.2) is 19.9 Å². The van der Waals surface area contributed by atoms with Gasteiger partial charge in [0.1, 0.15) is 12.2 Å². The zero-order valence-corrected chi connectivity index (χ0v) is 15.4. The van der Waals surface area contributed by atoms with Crippen molar-refractivity contribution in [3.63, 3.8) is 0 Å². The van der Waals surface area contributed by atoms with Gasteiger partial charge in [-0.3, -0.25) is 0 Å². The second kappa shape index (κ2) is 15.5. The van der Waals surface area contributed by atoms with Crippen LogP contribution in [0.25, 0.3) is 0 Å². The largest absolute Gasteiger partial charge is 0.245 e. The average Bonchev–Trinajstić information content (AvgIpc) is 2.60. The van der Waals surface area contributed by atoms with Crippen molar-refractivity contribution in [2.24, 2.45) is 0 Å². The van der Waals surface area contributed by atoms with Gasteiger partial charge in [-0.1, -0.05) is 55.4 Å². The van der Waals surface area contributed by atoms with Crippen molar-refractivity contribution < 1.29 is 0 Å². The normalized spacial score (nSPS) is 8.82. The van der Waals surface area contributed by atoms with Crippen molar-refractivity contribution in [2.45, 2.75) is 67.2 Å².